The monoisotopic (exact) mass is 266 g/mol. The van der Waals surface area contributed by atoms with Crippen LogP contribution in [-0.2, 0) is 4.79 Å². The van der Waals surface area contributed by atoms with E-state index in [-0.39, 0.29) is 11.9 Å². The highest BCUT2D eigenvalue weighted by Gasteiger charge is 2.16. The summed E-state index contributed by atoms with van der Waals surface area (Å²) >= 11 is 1.89. The molecule has 2 rings (SSSR count). The molecule has 0 bridgehead atoms. The van der Waals surface area contributed by atoms with Gasteiger partial charge in [0.1, 0.15) is 5.75 Å². The molecule has 0 spiro atoms. The first-order valence-electron chi connectivity index (χ1n) is 6.03. The first kappa shape index (κ1) is 13.2. The van der Waals surface area contributed by atoms with E-state index in [1.807, 2.05) is 36.0 Å². The standard InChI is InChI=1S/C13H18N2O2S/c1-17-12-4-2-3-10(7-12)15-13(16)8-11-9-18-6-5-14-11/h2-4,7,11,14H,5-6,8-9H2,1H3,(H,15,16). The van der Waals surface area contributed by atoms with Gasteiger partial charge < -0.3 is 15.4 Å². The van der Waals surface area contributed by atoms with Crippen molar-refractivity contribution >= 4 is 23.4 Å². The van der Waals surface area contributed by atoms with Crippen molar-refractivity contribution in [3.05, 3.63) is 24.3 Å². The molecule has 18 heavy (non-hydrogen) atoms. The van der Waals surface area contributed by atoms with E-state index in [0.717, 1.165) is 29.5 Å². The highest BCUT2D eigenvalue weighted by molar-refractivity contribution is 7.99. The normalized spacial score (nSPS) is 19.3. The summed E-state index contributed by atoms with van der Waals surface area (Å²) in [5.74, 6) is 2.93. The average molecular weight is 266 g/mol. The van der Waals surface area contributed by atoms with Gasteiger partial charge in [-0.25, -0.2) is 0 Å². The number of methoxy groups -OCH3 is 1. The molecule has 1 unspecified atom stereocenters. The summed E-state index contributed by atoms with van der Waals surface area (Å²) in [7, 11) is 1.62. The van der Waals surface area contributed by atoms with Crippen LogP contribution >= 0.6 is 11.8 Å². The fourth-order valence-electron chi connectivity index (χ4n) is 1.89. The summed E-state index contributed by atoms with van der Waals surface area (Å²) in [4.78, 5) is 11.9. The third-order valence-corrected chi connectivity index (χ3v) is 3.91. The highest BCUT2D eigenvalue weighted by Crippen LogP contribution is 2.17. The minimum absolute atomic E-state index is 0.0447. The van der Waals surface area contributed by atoms with E-state index in [4.69, 9.17) is 4.74 Å². The topological polar surface area (TPSA) is 50.4 Å². The summed E-state index contributed by atoms with van der Waals surface area (Å²) < 4.78 is 5.12. The molecule has 1 atom stereocenters. The van der Waals surface area contributed by atoms with Crippen LogP contribution in [-0.4, -0.2) is 37.1 Å². The smallest absolute Gasteiger partial charge is 0.225 e. The Hall–Kier alpha value is -1.20. The van der Waals surface area contributed by atoms with Gasteiger partial charge >= 0.3 is 0 Å². The van der Waals surface area contributed by atoms with Crippen LogP contribution in [0.3, 0.4) is 0 Å². The van der Waals surface area contributed by atoms with Gasteiger partial charge in [-0.3, -0.25) is 4.79 Å². The maximum atomic E-state index is 11.9. The van der Waals surface area contributed by atoms with Crippen LogP contribution in [0.2, 0.25) is 0 Å². The minimum atomic E-state index is 0.0447. The zero-order valence-electron chi connectivity index (χ0n) is 10.4. The minimum Gasteiger partial charge on any atom is -0.497 e. The number of amides is 1. The van der Waals surface area contributed by atoms with E-state index in [0.29, 0.717) is 6.42 Å². The Labute approximate surface area is 111 Å². The molecule has 1 aromatic carbocycles. The van der Waals surface area contributed by atoms with Crippen LogP contribution in [0.1, 0.15) is 6.42 Å². The van der Waals surface area contributed by atoms with Gasteiger partial charge in [0.15, 0.2) is 0 Å². The van der Waals surface area contributed by atoms with Crippen LogP contribution in [0.25, 0.3) is 0 Å². The van der Waals surface area contributed by atoms with Crippen molar-refractivity contribution in [2.24, 2.45) is 0 Å². The number of benzene rings is 1. The predicted molar refractivity (Wildman–Crippen MR) is 75.4 cm³/mol. The van der Waals surface area contributed by atoms with Crippen LogP contribution in [0.15, 0.2) is 24.3 Å². The molecule has 0 aliphatic carbocycles. The lowest BCUT2D eigenvalue weighted by Crippen LogP contribution is -2.39. The molecule has 0 saturated carbocycles. The van der Waals surface area contributed by atoms with Gasteiger partial charge in [-0.2, -0.15) is 11.8 Å². The number of carbonyl (C=O) groups excluding carboxylic acids is 1. The van der Waals surface area contributed by atoms with Crippen LogP contribution in [0, 0.1) is 0 Å². The molecule has 1 heterocycles. The second-order valence-electron chi connectivity index (χ2n) is 4.21. The maximum absolute atomic E-state index is 11.9. The van der Waals surface area contributed by atoms with Gasteiger partial charge in [-0.1, -0.05) is 6.07 Å². The Morgan fingerprint density at radius 1 is 1.61 bits per heavy atom. The molecular formula is C13H18N2O2S. The molecule has 1 aliphatic rings. The molecule has 4 nitrogen and oxygen atoms in total. The number of carbonyl (C=O) groups is 1. The van der Waals surface area contributed by atoms with Crippen molar-refractivity contribution in [3.8, 4) is 5.75 Å². The third kappa shape index (κ3) is 3.92. The second-order valence-corrected chi connectivity index (χ2v) is 5.36. The zero-order valence-corrected chi connectivity index (χ0v) is 11.3. The summed E-state index contributed by atoms with van der Waals surface area (Å²) in [5.41, 5.74) is 0.780. The van der Waals surface area contributed by atoms with E-state index < -0.39 is 0 Å². The molecule has 1 aliphatic heterocycles. The number of hydrogen-bond donors (Lipinski definition) is 2. The van der Waals surface area contributed by atoms with E-state index >= 15 is 0 Å². The van der Waals surface area contributed by atoms with Crippen molar-refractivity contribution in [2.45, 2.75) is 12.5 Å². The molecular weight excluding hydrogens is 248 g/mol. The SMILES string of the molecule is COc1cccc(NC(=O)CC2CSCCN2)c1. The van der Waals surface area contributed by atoms with Gasteiger partial charge in [-0.05, 0) is 12.1 Å². The summed E-state index contributed by atoms with van der Waals surface area (Å²) in [5, 5.41) is 6.25. The Morgan fingerprint density at radius 2 is 2.50 bits per heavy atom. The Kier molecular flexibility index (Phi) is 4.90. The second kappa shape index (κ2) is 6.66. The fraction of sp³-hybridized carbons (Fsp3) is 0.462. The van der Waals surface area contributed by atoms with Crippen molar-refractivity contribution in [1.82, 2.24) is 5.32 Å². The number of ether oxygens (including phenoxy) is 1. The van der Waals surface area contributed by atoms with Crippen LogP contribution in [0.5, 0.6) is 5.75 Å². The lowest BCUT2D eigenvalue weighted by molar-refractivity contribution is -0.116. The largest absolute Gasteiger partial charge is 0.497 e. The quantitative estimate of drug-likeness (QED) is 0.871. The van der Waals surface area contributed by atoms with Gasteiger partial charge in [-0.15, -0.1) is 0 Å². The number of hydrogen-bond acceptors (Lipinski definition) is 4. The maximum Gasteiger partial charge on any atom is 0.225 e. The number of thioether (sulfide) groups is 1. The molecule has 5 heteroatoms. The molecule has 0 aromatic heterocycles. The Bertz CT molecular complexity index is 406. The number of anilines is 1. The van der Waals surface area contributed by atoms with E-state index in [1.165, 1.54) is 0 Å². The number of rotatable bonds is 4. The Morgan fingerprint density at radius 3 is 3.22 bits per heavy atom. The highest BCUT2D eigenvalue weighted by atomic mass is 32.2. The van der Waals surface area contributed by atoms with Crippen LogP contribution in [0.4, 0.5) is 5.69 Å². The molecule has 0 radical (unpaired) electrons. The van der Waals surface area contributed by atoms with Crippen molar-refractivity contribution < 1.29 is 9.53 Å². The molecule has 2 N–H and O–H groups in total. The molecule has 1 amide bonds. The first-order chi connectivity index (χ1) is 8.78. The molecule has 1 aromatic rings. The van der Waals surface area contributed by atoms with Gasteiger partial charge in [0.05, 0.1) is 7.11 Å². The lowest BCUT2D eigenvalue weighted by Gasteiger charge is -2.22. The molecule has 1 fully saturated rings. The Balaban J connectivity index is 1.85. The van der Waals surface area contributed by atoms with Gasteiger partial charge in [0.2, 0.25) is 5.91 Å². The lowest BCUT2D eigenvalue weighted by atomic mass is 10.2. The van der Waals surface area contributed by atoms with Gasteiger partial charge in [0.25, 0.3) is 0 Å². The predicted octanol–water partition coefficient (Wildman–Crippen LogP) is 1.73. The zero-order chi connectivity index (χ0) is 12.8. The summed E-state index contributed by atoms with van der Waals surface area (Å²) in [6, 6.07) is 7.69. The van der Waals surface area contributed by atoms with Crippen molar-refractivity contribution in [3.63, 3.8) is 0 Å². The van der Waals surface area contributed by atoms with E-state index in [9.17, 15) is 4.79 Å². The summed E-state index contributed by atoms with van der Waals surface area (Å²) in [6.07, 6.45) is 0.518. The van der Waals surface area contributed by atoms with E-state index in [1.54, 1.807) is 7.11 Å². The number of nitrogens with one attached hydrogen (secondary N) is 2. The average Bonchev–Trinajstić information content (AvgIpc) is 2.40. The van der Waals surface area contributed by atoms with Crippen molar-refractivity contribution in [2.75, 3.05) is 30.5 Å². The first-order valence-corrected chi connectivity index (χ1v) is 7.18. The van der Waals surface area contributed by atoms with Crippen LogP contribution < -0.4 is 15.4 Å². The van der Waals surface area contributed by atoms with E-state index in [2.05, 4.69) is 10.6 Å². The third-order valence-electron chi connectivity index (χ3n) is 2.78. The summed E-state index contributed by atoms with van der Waals surface area (Å²) in [6.45, 7) is 0.988. The fourth-order valence-corrected chi connectivity index (χ4v) is 2.84. The van der Waals surface area contributed by atoms with Crippen molar-refractivity contribution in [1.29, 1.82) is 0 Å². The molecule has 98 valence electrons. The molecule has 1 saturated heterocycles. The van der Waals surface area contributed by atoms with Gasteiger partial charge in [0, 0.05) is 42.3 Å².